The van der Waals surface area contributed by atoms with Crippen molar-refractivity contribution in [2.75, 3.05) is 25.9 Å². The number of methoxy groups -OCH3 is 2. The minimum Gasteiger partial charge on any atom is -0.495 e. The monoisotopic (exact) mass is 439 g/mol. The van der Waals surface area contributed by atoms with E-state index < -0.39 is 0 Å². The van der Waals surface area contributed by atoms with Crippen molar-refractivity contribution in [1.82, 2.24) is 0 Å². The lowest BCUT2D eigenvalue weighted by Crippen LogP contribution is -2.32. The summed E-state index contributed by atoms with van der Waals surface area (Å²) in [5.74, 6) is 2.82. The van der Waals surface area contributed by atoms with Gasteiger partial charge in [0.15, 0.2) is 12.5 Å². The van der Waals surface area contributed by atoms with Crippen molar-refractivity contribution in [3.63, 3.8) is 0 Å². The Morgan fingerprint density at radius 1 is 1.13 bits per heavy atom. The fourth-order valence-electron chi connectivity index (χ4n) is 3.71. The topological polar surface area (TPSA) is 70.4 Å². The molecule has 2 aliphatic rings. The molecule has 0 saturated carbocycles. The number of halogens is 1. The number of Topliss-reactive ketones (excluding diaryl/α,β-unsaturated/α-hetero) is 1. The largest absolute Gasteiger partial charge is 0.495 e. The third kappa shape index (κ3) is 3.27. The highest BCUT2D eigenvalue weighted by Gasteiger charge is 2.34. The lowest BCUT2D eigenvalue weighted by Gasteiger charge is -2.32. The van der Waals surface area contributed by atoms with Gasteiger partial charge in [-0.2, -0.15) is 0 Å². The van der Waals surface area contributed by atoms with Crippen LogP contribution in [0, 0.1) is 0 Å². The molecule has 2 aliphatic heterocycles. The number of allylic oxidation sites excluding steroid dienone is 1. The van der Waals surface area contributed by atoms with Gasteiger partial charge in [0.2, 0.25) is 5.78 Å². The third-order valence-electron chi connectivity index (χ3n) is 5.23. The molecule has 0 N–H and O–H groups in total. The van der Waals surface area contributed by atoms with Gasteiger partial charge in [0.25, 0.3) is 0 Å². The van der Waals surface area contributed by atoms with E-state index in [0.717, 1.165) is 11.3 Å². The number of carbonyl (C=O) groups excluding carboxylic acids is 1. The fraction of sp³-hybridized carbons (Fsp3) is 0.174. The number of hydrogen-bond donors (Lipinski definition) is 0. The molecule has 31 heavy (non-hydrogen) atoms. The van der Waals surface area contributed by atoms with E-state index in [1.54, 1.807) is 63.0 Å². The number of fused-ring (bicyclic) bond motifs is 3. The van der Waals surface area contributed by atoms with Crippen LogP contribution in [-0.2, 0) is 6.54 Å². The summed E-state index contributed by atoms with van der Waals surface area (Å²) in [5.41, 5.74) is 2.00. The highest BCUT2D eigenvalue weighted by Crippen LogP contribution is 2.45. The minimum atomic E-state index is -0.198. The van der Waals surface area contributed by atoms with Gasteiger partial charge < -0.3 is 28.3 Å². The first-order chi connectivity index (χ1) is 15.1. The molecule has 0 fully saturated rings. The van der Waals surface area contributed by atoms with E-state index in [-0.39, 0.29) is 18.3 Å². The Morgan fingerprint density at radius 3 is 2.71 bits per heavy atom. The SMILES string of the molecule is COc1cc(OC)c(N2COc3ccc4c(c3C2)OC(=Cc2ccco2)C4=O)cc1Cl. The molecule has 0 spiro atoms. The predicted octanol–water partition coefficient (Wildman–Crippen LogP) is 4.92. The molecule has 2 aromatic carbocycles. The zero-order valence-electron chi connectivity index (χ0n) is 16.8. The van der Waals surface area contributed by atoms with Crippen LogP contribution in [-0.4, -0.2) is 26.7 Å². The van der Waals surface area contributed by atoms with E-state index in [4.69, 9.17) is 35.0 Å². The van der Waals surface area contributed by atoms with Crippen LogP contribution in [0.2, 0.25) is 5.02 Å². The number of rotatable bonds is 4. The van der Waals surface area contributed by atoms with Crippen LogP contribution in [0.1, 0.15) is 21.7 Å². The van der Waals surface area contributed by atoms with E-state index in [0.29, 0.717) is 45.9 Å². The Hall–Kier alpha value is -3.58. The minimum absolute atomic E-state index is 0.198. The summed E-state index contributed by atoms with van der Waals surface area (Å²) < 4.78 is 28.0. The van der Waals surface area contributed by atoms with Gasteiger partial charge in [-0.3, -0.25) is 4.79 Å². The number of benzene rings is 2. The quantitative estimate of drug-likeness (QED) is 0.534. The van der Waals surface area contributed by atoms with Crippen LogP contribution in [0.5, 0.6) is 23.0 Å². The van der Waals surface area contributed by atoms with Crippen molar-refractivity contribution < 1.29 is 28.2 Å². The summed E-state index contributed by atoms with van der Waals surface area (Å²) in [6.45, 7) is 0.729. The Labute approximate surface area is 183 Å². The van der Waals surface area contributed by atoms with Crippen molar-refractivity contribution in [2.24, 2.45) is 0 Å². The molecule has 0 amide bonds. The average Bonchev–Trinajstić information content (AvgIpc) is 3.41. The average molecular weight is 440 g/mol. The third-order valence-corrected chi connectivity index (χ3v) is 5.53. The molecule has 3 heterocycles. The molecule has 158 valence electrons. The normalized spacial score (nSPS) is 15.9. The number of carbonyl (C=O) groups is 1. The van der Waals surface area contributed by atoms with Gasteiger partial charge in [-0.05, 0) is 30.3 Å². The molecule has 5 rings (SSSR count). The number of hydrogen-bond acceptors (Lipinski definition) is 7. The van der Waals surface area contributed by atoms with Gasteiger partial charge in [-0.1, -0.05) is 11.6 Å². The van der Waals surface area contributed by atoms with Gasteiger partial charge in [0, 0.05) is 12.1 Å². The molecule has 0 aliphatic carbocycles. The Morgan fingerprint density at radius 2 is 1.97 bits per heavy atom. The zero-order valence-corrected chi connectivity index (χ0v) is 17.6. The van der Waals surface area contributed by atoms with Crippen LogP contribution in [0.25, 0.3) is 6.08 Å². The van der Waals surface area contributed by atoms with Gasteiger partial charge in [-0.15, -0.1) is 0 Å². The van der Waals surface area contributed by atoms with E-state index in [1.165, 1.54) is 0 Å². The van der Waals surface area contributed by atoms with Gasteiger partial charge in [0.1, 0.15) is 28.8 Å². The maximum Gasteiger partial charge on any atom is 0.232 e. The number of nitrogens with zero attached hydrogens (tertiary/aromatic N) is 1. The molecular weight excluding hydrogens is 422 g/mol. The van der Waals surface area contributed by atoms with Crippen molar-refractivity contribution in [3.8, 4) is 23.0 Å². The predicted molar refractivity (Wildman–Crippen MR) is 114 cm³/mol. The number of furan rings is 1. The van der Waals surface area contributed by atoms with Crippen molar-refractivity contribution in [2.45, 2.75) is 6.54 Å². The molecule has 3 aromatic rings. The fourth-order valence-corrected chi connectivity index (χ4v) is 3.94. The second-order valence-corrected chi connectivity index (χ2v) is 7.41. The molecule has 8 heteroatoms. The van der Waals surface area contributed by atoms with Crippen LogP contribution in [0.3, 0.4) is 0 Å². The van der Waals surface area contributed by atoms with E-state index in [1.807, 2.05) is 4.90 Å². The first kappa shape index (κ1) is 19.4. The van der Waals surface area contributed by atoms with Crippen LogP contribution < -0.4 is 23.8 Å². The zero-order chi connectivity index (χ0) is 21.5. The summed E-state index contributed by atoms with van der Waals surface area (Å²) in [4.78, 5) is 14.8. The second kappa shape index (κ2) is 7.59. The van der Waals surface area contributed by atoms with Gasteiger partial charge in [-0.25, -0.2) is 0 Å². The van der Waals surface area contributed by atoms with Crippen LogP contribution >= 0.6 is 11.6 Å². The first-order valence-electron chi connectivity index (χ1n) is 9.52. The Balaban J connectivity index is 1.51. The molecule has 0 bridgehead atoms. The number of anilines is 1. The summed E-state index contributed by atoms with van der Waals surface area (Å²) >= 11 is 6.34. The summed E-state index contributed by atoms with van der Waals surface area (Å²) in [5, 5.41) is 0.456. The van der Waals surface area contributed by atoms with E-state index in [9.17, 15) is 4.79 Å². The van der Waals surface area contributed by atoms with Crippen molar-refractivity contribution >= 4 is 29.1 Å². The highest BCUT2D eigenvalue weighted by atomic mass is 35.5. The smallest absolute Gasteiger partial charge is 0.232 e. The Kier molecular flexibility index (Phi) is 4.75. The standard InChI is InChI=1S/C23H18ClNO6/c1-27-19-10-20(28-2)17(9-16(19)24)25-11-15-18(30-12-25)6-5-14-22(26)21(31-23(14)15)8-13-4-3-7-29-13/h3-10H,11-12H2,1-2H3. The maximum absolute atomic E-state index is 12.8. The lowest BCUT2D eigenvalue weighted by atomic mass is 10.0. The van der Waals surface area contributed by atoms with Crippen LogP contribution in [0.4, 0.5) is 5.69 Å². The second-order valence-electron chi connectivity index (χ2n) is 7.00. The summed E-state index contributed by atoms with van der Waals surface area (Å²) in [6, 6.07) is 10.5. The van der Waals surface area contributed by atoms with E-state index in [2.05, 4.69) is 0 Å². The van der Waals surface area contributed by atoms with Gasteiger partial charge >= 0.3 is 0 Å². The molecular formula is C23H18ClNO6. The first-order valence-corrected chi connectivity index (χ1v) is 9.89. The maximum atomic E-state index is 12.8. The van der Waals surface area contributed by atoms with Crippen molar-refractivity contribution in [3.05, 3.63) is 70.3 Å². The van der Waals surface area contributed by atoms with Crippen molar-refractivity contribution in [1.29, 1.82) is 0 Å². The number of ether oxygens (including phenoxy) is 4. The highest BCUT2D eigenvalue weighted by molar-refractivity contribution is 6.32. The molecule has 0 saturated heterocycles. The molecule has 7 nitrogen and oxygen atoms in total. The summed E-state index contributed by atoms with van der Waals surface area (Å²) in [6.07, 6.45) is 3.13. The number of ketones is 1. The Bertz CT molecular complexity index is 1200. The lowest BCUT2D eigenvalue weighted by molar-refractivity contribution is 0.101. The van der Waals surface area contributed by atoms with E-state index >= 15 is 0 Å². The molecule has 0 radical (unpaired) electrons. The molecule has 1 aromatic heterocycles. The van der Waals surface area contributed by atoms with Crippen LogP contribution in [0.15, 0.2) is 52.8 Å². The molecule has 0 unspecified atom stereocenters. The summed E-state index contributed by atoms with van der Waals surface area (Å²) in [7, 11) is 3.13. The molecule has 0 atom stereocenters. The van der Waals surface area contributed by atoms with Gasteiger partial charge in [0.05, 0.1) is 48.9 Å².